The second-order valence-electron chi connectivity index (χ2n) is 7.70. The van der Waals surface area contributed by atoms with Gasteiger partial charge in [0.15, 0.2) is 5.03 Å². The predicted molar refractivity (Wildman–Crippen MR) is 119 cm³/mol. The van der Waals surface area contributed by atoms with Crippen molar-refractivity contribution in [2.24, 2.45) is 5.14 Å². The zero-order chi connectivity index (χ0) is 23.1. The number of nitrogens with two attached hydrogens (primary N) is 1. The highest BCUT2D eigenvalue weighted by molar-refractivity contribution is 7.89. The maximum atomic E-state index is 13.9. The van der Waals surface area contributed by atoms with E-state index in [-0.39, 0.29) is 42.1 Å². The maximum absolute atomic E-state index is 13.9. The molecule has 3 N–H and O–H groups in total. The Hall–Kier alpha value is -2.70. The number of aromatic nitrogens is 2. The van der Waals surface area contributed by atoms with Crippen molar-refractivity contribution in [3.8, 4) is 0 Å². The van der Waals surface area contributed by atoms with Crippen LogP contribution in [0.1, 0.15) is 35.2 Å². The van der Waals surface area contributed by atoms with E-state index in [0.29, 0.717) is 12.4 Å². The van der Waals surface area contributed by atoms with Crippen molar-refractivity contribution in [3.05, 3.63) is 40.9 Å². The second-order valence-corrected chi connectivity index (χ2v) is 10.1. The van der Waals surface area contributed by atoms with Crippen molar-refractivity contribution in [2.45, 2.75) is 37.1 Å². The lowest BCUT2D eigenvalue weighted by Gasteiger charge is -2.24. The van der Waals surface area contributed by atoms with Crippen LogP contribution in [-0.4, -0.2) is 43.3 Å². The van der Waals surface area contributed by atoms with Gasteiger partial charge in [0.2, 0.25) is 5.92 Å². The average molecular weight is 482 g/mol. The Morgan fingerprint density at radius 3 is 2.81 bits per heavy atom. The Balaban J connectivity index is 1.72. The van der Waals surface area contributed by atoms with Crippen molar-refractivity contribution in [2.75, 3.05) is 23.3 Å². The van der Waals surface area contributed by atoms with E-state index in [1.807, 2.05) is 12.3 Å². The molecular weight excluding hydrogens is 460 g/mol. The molecule has 3 aromatic heterocycles. The van der Waals surface area contributed by atoms with E-state index in [2.05, 4.69) is 15.3 Å². The minimum absolute atomic E-state index is 0.0692. The number of anilines is 2. The van der Waals surface area contributed by atoms with Gasteiger partial charge in [0.25, 0.3) is 15.9 Å². The van der Waals surface area contributed by atoms with E-state index >= 15 is 0 Å². The summed E-state index contributed by atoms with van der Waals surface area (Å²) >= 11 is 1.43. The lowest BCUT2D eigenvalue weighted by atomic mass is 10.1. The molecule has 1 amide bonds. The normalized spacial score (nSPS) is 16.7. The maximum Gasteiger partial charge on any atom is 0.259 e. The van der Waals surface area contributed by atoms with Crippen LogP contribution < -0.4 is 15.4 Å². The summed E-state index contributed by atoms with van der Waals surface area (Å²) < 4.78 is 51.7. The van der Waals surface area contributed by atoms with Crippen molar-refractivity contribution >= 4 is 49.0 Å². The average Bonchev–Trinajstić information content (AvgIpc) is 2.98. The van der Waals surface area contributed by atoms with Gasteiger partial charge in [-0.25, -0.2) is 32.3 Å². The fourth-order valence-electron chi connectivity index (χ4n) is 3.59. The molecule has 0 spiro atoms. The molecule has 0 unspecified atom stereocenters. The van der Waals surface area contributed by atoms with Gasteiger partial charge in [0.05, 0.1) is 15.8 Å². The smallest absolute Gasteiger partial charge is 0.259 e. The lowest BCUT2D eigenvalue weighted by molar-refractivity contribution is -0.0102. The van der Waals surface area contributed by atoms with Gasteiger partial charge < -0.3 is 10.2 Å². The van der Waals surface area contributed by atoms with Crippen LogP contribution in [0.3, 0.4) is 0 Å². The Morgan fingerprint density at radius 1 is 1.28 bits per heavy atom. The van der Waals surface area contributed by atoms with Crippen LogP contribution in [0, 0.1) is 6.92 Å². The van der Waals surface area contributed by atoms with E-state index in [0.717, 1.165) is 21.8 Å². The van der Waals surface area contributed by atoms with Crippen LogP contribution in [0.25, 0.3) is 10.2 Å². The van der Waals surface area contributed by atoms with Crippen LogP contribution in [0.2, 0.25) is 0 Å². The largest absolute Gasteiger partial charge is 0.356 e. The third kappa shape index (κ3) is 4.71. The van der Waals surface area contributed by atoms with E-state index in [9.17, 15) is 22.0 Å². The highest BCUT2D eigenvalue weighted by atomic mass is 32.2. The van der Waals surface area contributed by atoms with E-state index in [4.69, 9.17) is 5.14 Å². The Bertz CT molecular complexity index is 1290. The summed E-state index contributed by atoms with van der Waals surface area (Å²) in [5, 5.41) is 9.29. The van der Waals surface area contributed by atoms with Gasteiger partial charge in [0, 0.05) is 43.9 Å². The molecule has 0 aromatic carbocycles. The van der Waals surface area contributed by atoms with E-state index in [1.54, 1.807) is 11.0 Å². The molecule has 1 aliphatic heterocycles. The van der Waals surface area contributed by atoms with Crippen molar-refractivity contribution in [1.82, 2.24) is 9.97 Å². The molecule has 170 valence electrons. The summed E-state index contributed by atoms with van der Waals surface area (Å²) in [6, 6.07) is 4.27. The van der Waals surface area contributed by atoms with Crippen LogP contribution >= 0.6 is 11.3 Å². The number of halogens is 2. The summed E-state index contributed by atoms with van der Waals surface area (Å²) in [4.78, 5) is 23.3. The Morgan fingerprint density at radius 2 is 2.06 bits per heavy atom. The lowest BCUT2D eigenvalue weighted by Crippen LogP contribution is -2.29. The fourth-order valence-corrected chi connectivity index (χ4v) is 5.01. The molecule has 0 saturated carbocycles. The van der Waals surface area contributed by atoms with Gasteiger partial charge in [0.1, 0.15) is 5.82 Å². The number of pyridine rings is 2. The molecule has 1 aliphatic rings. The number of fused-ring (bicyclic) bond motifs is 1. The number of carbonyl (C=O) groups excluding carboxylic acids is 1. The number of amides is 1. The third-order valence-corrected chi connectivity index (χ3v) is 7.09. The minimum Gasteiger partial charge on any atom is -0.356 e. The number of rotatable bonds is 4. The van der Waals surface area contributed by atoms with Crippen LogP contribution in [-0.2, 0) is 10.0 Å². The summed E-state index contributed by atoms with van der Waals surface area (Å²) in [6.07, 6.45) is 0.965. The molecule has 8 nitrogen and oxygen atoms in total. The Labute approximate surface area is 187 Å². The number of primary sulfonamides is 1. The number of carbonyl (C=O) groups is 1. The molecule has 1 fully saturated rings. The number of hydrogen-bond acceptors (Lipinski definition) is 7. The second kappa shape index (κ2) is 8.34. The molecule has 4 heterocycles. The first-order chi connectivity index (χ1) is 15.0. The minimum atomic E-state index is -4.04. The van der Waals surface area contributed by atoms with E-state index < -0.39 is 21.9 Å². The quantitative estimate of drug-likeness (QED) is 0.589. The van der Waals surface area contributed by atoms with E-state index in [1.165, 1.54) is 23.6 Å². The first-order valence-corrected chi connectivity index (χ1v) is 12.3. The highest BCUT2D eigenvalue weighted by Crippen LogP contribution is 2.34. The number of hydrogen-bond donors (Lipinski definition) is 2. The molecule has 0 bridgehead atoms. The third-order valence-electron chi connectivity index (χ3n) is 5.25. The summed E-state index contributed by atoms with van der Waals surface area (Å²) in [6.45, 7) is 2.32. The number of nitrogens with one attached hydrogen (secondary N) is 1. The topological polar surface area (TPSA) is 118 Å². The molecule has 32 heavy (non-hydrogen) atoms. The number of nitrogens with zero attached hydrogens (tertiary/aromatic N) is 3. The summed E-state index contributed by atoms with van der Waals surface area (Å²) in [5.74, 6) is -2.96. The van der Waals surface area contributed by atoms with Crippen LogP contribution in [0.4, 0.5) is 20.3 Å². The molecular formula is C20H21F2N5O3S2. The first-order valence-electron chi connectivity index (χ1n) is 9.85. The van der Waals surface area contributed by atoms with Crippen LogP contribution in [0.15, 0.2) is 34.8 Å². The zero-order valence-corrected chi connectivity index (χ0v) is 18.8. The number of thiophene rings is 1. The van der Waals surface area contributed by atoms with Gasteiger partial charge >= 0.3 is 0 Å². The fraction of sp³-hybridized carbons (Fsp3) is 0.350. The van der Waals surface area contributed by atoms with Gasteiger partial charge in [-0.3, -0.25) is 4.79 Å². The Kier molecular flexibility index (Phi) is 5.86. The zero-order valence-electron chi connectivity index (χ0n) is 17.1. The molecule has 0 radical (unpaired) electrons. The van der Waals surface area contributed by atoms with Gasteiger partial charge in [-0.15, -0.1) is 11.3 Å². The SMILES string of the molecule is Cc1csc2cc(C(=O)Nc3ccnc(S(N)(=O)=O)c3)c(N3CCCC(F)(F)CC3)nc12. The summed E-state index contributed by atoms with van der Waals surface area (Å²) in [7, 11) is -4.04. The highest BCUT2D eigenvalue weighted by Gasteiger charge is 2.33. The molecule has 12 heteroatoms. The molecule has 3 aromatic rings. The predicted octanol–water partition coefficient (Wildman–Crippen LogP) is 3.53. The summed E-state index contributed by atoms with van der Waals surface area (Å²) in [5.41, 5.74) is 2.06. The first kappa shape index (κ1) is 22.5. The molecule has 0 atom stereocenters. The van der Waals surface area contributed by atoms with Crippen molar-refractivity contribution in [3.63, 3.8) is 0 Å². The molecule has 4 rings (SSSR count). The van der Waals surface area contributed by atoms with Crippen LogP contribution in [0.5, 0.6) is 0 Å². The van der Waals surface area contributed by atoms with Gasteiger partial charge in [-0.2, -0.15) is 0 Å². The molecule has 1 saturated heterocycles. The molecule has 0 aliphatic carbocycles. The number of sulfonamides is 1. The monoisotopic (exact) mass is 481 g/mol. The standard InChI is InChI=1S/C20H21F2N5O3S2/c1-12-11-31-15-10-14(19(28)25-13-3-6-24-16(9-13)32(23,29)30)18(26-17(12)15)27-7-2-4-20(21,22)5-8-27/h3,6,9-11H,2,4-5,7-8H2,1H3,(H2,23,29,30)(H,24,25,28). The number of aryl methyl sites for hydroxylation is 1. The van der Waals surface area contributed by atoms with Gasteiger partial charge in [-0.05, 0) is 36.4 Å². The van der Waals surface area contributed by atoms with Crippen molar-refractivity contribution in [1.29, 1.82) is 0 Å². The number of alkyl halides is 2. The van der Waals surface area contributed by atoms with Gasteiger partial charge in [-0.1, -0.05) is 0 Å². The van der Waals surface area contributed by atoms with Crippen molar-refractivity contribution < 1.29 is 22.0 Å².